The molecule has 0 aromatic heterocycles. The first-order valence-corrected chi connectivity index (χ1v) is 12.5. The van der Waals surface area contributed by atoms with E-state index in [1.165, 1.54) is 0 Å². The molecular weight excluding hydrogens is 427 g/mol. The summed E-state index contributed by atoms with van der Waals surface area (Å²) in [6, 6.07) is 25.3. The fraction of sp³-hybridized carbons (Fsp3) is 0.143. The maximum atomic E-state index is 13.3. The van der Waals surface area contributed by atoms with Crippen LogP contribution in [0.4, 0.5) is 0 Å². The molecule has 0 N–H and O–H groups in total. The Hall–Kier alpha value is -1.52. The maximum absolute atomic E-state index is 13.3. The quantitative estimate of drug-likeness (QED) is 0.542. The second kappa shape index (κ2) is 8.92. The second-order valence-corrected chi connectivity index (χ2v) is 13.1. The van der Waals surface area contributed by atoms with Crippen LogP contribution in [0.2, 0.25) is 0 Å². The Morgan fingerprint density at radius 3 is 1.50 bits per heavy atom. The monoisotopic (exact) mass is 448 g/mol. The van der Waals surface area contributed by atoms with E-state index in [1.54, 1.807) is 0 Å². The molecule has 0 fully saturated rings. The number of hydrogen-bond donors (Lipinski definition) is 0. The Balaban J connectivity index is 1.95. The molecule has 0 radical (unpaired) electrons. The van der Waals surface area contributed by atoms with E-state index >= 15 is 0 Å². The van der Waals surface area contributed by atoms with Gasteiger partial charge in [-0.1, -0.05) is 0 Å². The fourth-order valence-electron chi connectivity index (χ4n) is 2.34. The van der Waals surface area contributed by atoms with Crippen molar-refractivity contribution in [1.29, 1.82) is 0 Å². The average molecular weight is 447 g/mol. The molecule has 0 bridgehead atoms. The van der Waals surface area contributed by atoms with Crippen LogP contribution in [0.1, 0.15) is 11.1 Å². The third kappa shape index (κ3) is 4.80. The van der Waals surface area contributed by atoms with Gasteiger partial charge in [0.1, 0.15) is 0 Å². The van der Waals surface area contributed by atoms with Crippen molar-refractivity contribution in [2.75, 3.05) is 0 Å². The van der Waals surface area contributed by atoms with Gasteiger partial charge in [-0.2, -0.15) is 0 Å². The topological polar surface area (TPSA) is 34.1 Å². The summed E-state index contributed by atoms with van der Waals surface area (Å²) in [6.07, 6.45) is 0. The number of benzene rings is 3. The molecule has 0 unspecified atom stereocenters. The van der Waals surface area contributed by atoms with Crippen molar-refractivity contribution in [2.45, 2.75) is 27.1 Å². The summed E-state index contributed by atoms with van der Waals surface area (Å²) in [4.78, 5) is 1.47. The van der Waals surface area contributed by atoms with Crippen LogP contribution in [-0.4, -0.2) is 26.9 Å². The standard InChI is InChI=1S/C21H20O2S2Se/c1-16-8-12-18(13-9-16)24(22)21(26-20-6-4-3-5-7-20)25(23)19-14-10-17(2)11-15-19/h3-15,21H,1-2H3/t24-,25-/m0/s1. The third-order valence-electron chi connectivity index (χ3n) is 3.83. The van der Waals surface area contributed by atoms with E-state index < -0.39 is 25.1 Å². The van der Waals surface area contributed by atoms with E-state index in [-0.39, 0.29) is 15.0 Å². The van der Waals surface area contributed by atoms with Crippen LogP contribution in [0.25, 0.3) is 0 Å². The van der Waals surface area contributed by atoms with Crippen LogP contribution in [0, 0.1) is 13.8 Å². The molecule has 0 aliphatic rings. The third-order valence-corrected chi connectivity index (χ3v) is 11.8. The van der Waals surface area contributed by atoms with Gasteiger partial charge in [0.15, 0.2) is 0 Å². The van der Waals surface area contributed by atoms with Crippen molar-refractivity contribution in [1.82, 2.24) is 0 Å². The SMILES string of the molecule is Cc1ccc([S@](=O)C([Se]c2ccccc2)[S@@](=O)c2ccc(C)cc2)cc1. The molecular formula is C21H20O2S2Se. The first-order chi connectivity index (χ1) is 12.5. The molecule has 0 aliphatic carbocycles. The minimum absolute atomic E-state index is 0.174. The predicted molar refractivity (Wildman–Crippen MR) is 111 cm³/mol. The average Bonchev–Trinajstić information content (AvgIpc) is 2.67. The van der Waals surface area contributed by atoms with Crippen molar-refractivity contribution in [3.63, 3.8) is 0 Å². The molecule has 0 saturated heterocycles. The van der Waals surface area contributed by atoms with Gasteiger partial charge in [-0.15, -0.1) is 0 Å². The first kappa shape index (κ1) is 19.2. The number of aryl methyl sites for hydroxylation is 2. The molecule has 0 amide bonds. The van der Waals surface area contributed by atoms with E-state index in [2.05, 4.69) is 0 Å². The Bertz CT molecular complexity index is 850. The molecule has 2 atom stereocenters. The zero-order valence-electron chi connectivity index (χ0n) is 14.6. The van der Waals surface area contributed by atoms with Gasteiger partial charge in [0.05, 0.1) is 0 Å². The summed E-state index contributed by atoms with van der Waals surface area (Å²) in [5, 5.41) is 0. The van der Waals surface area contributed by atoms with Gasteiger partial charge in [0, 0.05) is 0 Å². The summed E-state index contributed by atoms with van der Waals surface area (Å²) in [6.45, 7) is 4.01. The van der Waals surface area contributed by atoms with E-state index in [0.29, 0.717) is 0 Å². The van der Waals surface area contributed by atoms with Crippen LogP contribution in [0.15, 0.2) is 88.7 Å². The second-order valence-electron chi connectivity index (χ2n) is 5.94. The summed E-state index contributed by atoms with van der Waals surface area (Å²) in [5.74, 6) is 0. The van der Waals surface area contributed by atoms with E-state index in [0.717, 1.165) is 25.4 Å². The summed E-state index contributed by atoms with van der Waals surface area (Å²) in [5.41, 5.74) is 2.24. The summed E-state index contributed by atoms with van der Waals surface area (Å²) < 4.78 is 27.2. The van der Waals surface area contributed by atoms with Gasteiger partial charge >= 0.3 is 167 Å². The number of rotatable bonds is 6. The van der Waals surface area contributed by atoms with E-state index in [4.69, 9.17) is 0 Å². The van der Waals surface area contributed by atoms with Gasteiger partial charge in [0.2, 0.25) is 0 Å². The van der Waals surface area contributed by atoms with Crippen molar-refractivity contribution in [3.05, 3.63) is 90.0 Å². The molecule has 5 heteroatoms. The molecule has 0 heterocycles. The molecule has 0 spiro atoms. The van der Waals surface area contributed by atoms with Crippen molar-refractivity contribution >= 4 is 41.0 Å². The van der Waals surface area contributed by atoms with Gasteiger partial charge in [-0.3, -0.25) is 0 Å². The normalized spacial score (nSPS) is 13.5. The Morgan fingerprint density at radius 1 is 0.654 bits per heavy atom. The minimum atomic E-state index is -1.34. The van der Waals surface area contributed by atoms with E-state index in [1.807, 2.05) is 92.7 Å². The van der Waals surface area contributed by atoms with Crippen LogP contribution >= 0.6 is 0 Å². The first-order valence-electron chi connectivity index (χ1n) is 8.21. The van der Waals surface area contributed by atoms with Crippen LogP contribution in [0.3, 0.4) is 0 Å². The molecule has 0 aliphatic heterocycles. The van der Waals surface area contributed by atoms with Crippen LogP contribution in [-0.2, 0) is 21.6 Å². The molecule has 0 saturated carbocycles. The predicted octanol–water partition coefficient (Wildman–Crippen LogP) is 3.53. The molecule has 3 aromatic rings. The zero-order chi connectivity index (χ0) is 18.5. The van der Waals surface area contributed by atoms with Gasteiger partial charge in [-0.05, 0) is 0 Å². The molecule has 134 valence electrons. The van der Waals surface area contributed by atoms with Crippen molar-refractivity contribution < 1.29 is 8.42 Å². The Morgan fingerprint density at radius 2 is 1.08 bits per heavy atom. The van der Waals surface area contributed by atoms with E-state index in [9.17, 15) is 8.42 Å². The number of hydrogen-bond acceptors (Lipinski definition) is 2. The Labute approximate surface area is 166 Å². The van der Waals surface area contributed by atoms with Crippen LogP contribution < -0.4 is 4.46 Å². The van der Waals surface area contributed by atoms with Gasteiger partial charge in [0.25, 0.3) is 0 Å². The fourth-order valence-corrected chi connectivity index (χ4v) is 9.85. The zero-order valence-corrected chi connectivity index (χ0v) is 18.0. The molecule has 3 rings (SSSR count). The molecule has 26 heavy (non-hydrogen) atoms. The van der Waals surface area contributed by atoms with Gasteiger partial charge < -0.3 is 0 Å². The molecule has 2 nitrogen and oxygen atoms in total. The summed E-state index contributed by atoms with van der Waals surface area (Å²) in [7, 11) is -2.68. The molecule has 3 aromatic carbocycles. The van der Waals surface area contributed by atoms with Gasteiger partial charge in [-0.25, -0.2) is 0 Å². The van der Waals surface area contributed by atoms with Crippen LogP contribution in [0.5, 0.6) is 0 Å². The van der Waals surface area contributed by atoms with Crippen molar-refractivity contribution in [2.24, 2.45) is 0 Å². The Kier molecular flexibility index (Phi) is 6.60. The van der Waals surface area contributed by atoms with Crippen molar-refractivity contribution in [3.8, 4) is 0 Å². The summed E-state index contributed by atoms with van der Waals surface area (Å²) >= 11 is -0.174.